The average molecular weight is 336 g/mol. The lowest BCUT2D eigenvalue weighted by molar-refractivity contribution is -0.0166. The monoisotopic (exact) mass is 336 g/mol. The van der Waals surface area contributed by atoms with Crippen LogP contribution in [-0.4, -0.2) is 77.5 Å². The fourth-order valence-electron chi connectivity index (χ4n) is 3.09. The first kappa shape index (κ1) is 18.7. The molecule has 2 heterocycles. The van der Waals surface area contributed by atoms with Crippen molar-refractivity contribution < 1.29 is 4.74 Å². The Morgan fingerprint density at radius 3 is 3.00 bits per heavy atom. The number of nitrogens with one attached hydrogen (secondary N) is 1. The van der Waals surface area contributed by atoms with Crippen LogP contribution >= 0.6 is 0 Å². The Balaban J connectivity index is 1.95. The zero-order valence-corrected chi connectivity index (χ0v) is 15.7. The van der Waals surface area contributed by atoms with Crippen molar-refractivity contribution in [2.24, 2.45) is 12.0 Å². The lowest BCUT2D eigenvalue weighted by atomic mass is 10.2. The van der Waals surface area contributed by atoms with E-state index in [0.29, 0.717) is 12.1 Å². The van der Waals surface area contributed by atoms with Gasteiger partial charge in [-0.3, -0.25) is 14.6 Å². The topological polar surface area (TPSA) is 57.9 Å². The number of nitrogens with zero attached hydrogens (tertiary/aromatic N) is 5. The maximum Gasteiger partial charge on any atom is 0.194 e. The highest BCUT2D eigenvalue weighted by Crippen LogP contribution is 2.11. The molecule has 2 unspecified atom stereocenters. The van der Waals surface area contributed by atoms with Crippen LogP contribution in [0.2, 0.25) is 0 Å². The number of hydrogen-bond acceptors (Lipinski definition) is 4. The molecule has 2 atom stereocenters. The Morgan fingerprint density at radius 1 is 1.58 bits per heavy atom. The van der Waals surface area contributed by atoms with Gasteiger partial charge >= 0.3 is 0 Å². The van der Waals surface area contributed by atoms with E-state index in [-0.39, 0.29) is 0 Å². The molecule has 0 spiro atoms. The van der Waals surface area contributed by atoms with Crippen LogP contribution in [0.3, 0.4) is 0 Å². The molecule has 7 nitrogen and oxygen atoms in total. The number of ether oxygens (including phenoxy) is 1. The van der Waals surface area contributed by atoms with E-state index in [4.69, 9.17) is 9.73 Å². The van der Waals surface area contributed by atoms with Gasteiger partial charge in [-0.1, -0.05) is 0 Å². The van der Waals surface area contributed by atoms with Crippen molar-refractivity contribution in [3.63, 3.8) is 0 Å². The number of aromatic nitrogens is 2. The quantitative estimate of drug-likeness (QED) is 0.619. The first-order valence-corrected chi connectivity index (χ1v) is 8.81. The second-order valence-corrected chi connectivity index (χ2v) is 6.58. The minimum atomic E-state index is 0.407. The molecule has 1 fully saturated rings. The van der Waals surface area contributed by atoms with E-state index >= 15 is 0 Å². The van der Waals surface area contributed by atoms with Crippen molar-refractivity contribution in [2.75, 3.05) is 39.9 Å². The second-order valence-electron chi connectivity index (χ2n) is 6.58. The lowest BCUT2D eigenvalue weighted by Gasteiger charge is -2.37. The molecule has 1 aromatic rings. The normalized spacial score (nSPS) is 20.9. The molecule has 0 saturated carbocycles. The Morgan fingerprint density at radius 2 is 2.38 bits per heavy atom. The predicted octanol–water partition coefficient (Wildman–Crippen LogP) is 0.927. The van der Waals surface area contributed by atoms with Gasteiger partial charge < -0.3 is 15.0 Å². The van der Waals surface area contributed by atoms with Crippen molar-refractivity contribution in [1.82, 2.24) is 24.9 Å². The molecule has 0 radical (unpaired) electrons. The molecule has 0 aromatic carbocycles. The molecule has 136 valence electrons. The predicted molar refractivity (Wildman–Crippen MR) is 97.1 cm³/mol. The summed E-state index contributed by atoms with van der Waals surface area (Å²) in [6, 6.07) is 0.865. The summed E-state index contributed by atoms with van der Waals surface area (Å²) in [5, 5.41) is 7.61. The maximum atomic E-state index is 5.53. The number of aryl methyl sites for hydroxylation is 1. The molecule has 0 bridgehead atoms. The van der Waals surface area contributed by atoms with Gasteiger partial charge in [-0.15, -0.1) is 0 Å². The average Bonchev–Trinajstić information content (AvgIpc) is 2.96. The third-order valence-corrected chi connectivity index (χ3v) is 4.37. The molecule has 1 aliphatic rings. The highest BCUT2D eigenvalue weighted by atomic mass is 16.5. The zero-order valence-electron chi connectivity index (χ0n) is 15.7. The van der Waals surface area contributed by atoms with E-state index in [0.717, 1.165) is 45.4 Å². The summed E-state index contributed by atoms with van der Waals surface area (Å²) >= 11 is 0. The minimum Gasteiger partial charge on any atom is -0.379 e. The van der Waals surface area contributed by atoms with Crippen molar-refractivity contribution in [2.45, 2.75) is 39.4 Å². The Labute approximate surface area is 145 Å². The summed E-state index contributed by atoms with van der Waals surface area (Å²) in [5.41, 5.74) is 1.18. The second kappa shape index (κ2) is 9.03. The van der Waals surface area contributed by atoms with E-state index < -0.39 is 0 Å². The van der Waals surface area contributed by atoms with Gasteiger partial charge in [-0.05, 0) is 20.8 Å². The molecule has 1 aromatic heterocycles. The lowest BCUT2D eigenvalue weighted by Crippen LogP contribution is -2.49. The molecule has 1 aliphatic heterocycles. The number of morpholine rings is 1. The van der Waals surface area contributed by atoms with Crippen molar-refractivity contribution in [1.29, 1.82) is 0 Å². The summed E-state index contributed by atoms with van der Waals surface area (Å²) in [6.45, 7) is 11.6. The van der Waals surface area contributed by atoms with Crippen molar-refractivity contribution >= 4 is 5.96 Å². The van der Waals surface area contributed by atoms with E-state index in [2.05, 4.69) is 48.0 Å². The molecule has 24 heavy (non-hydrogen) atoms. The molecule has 0 aliphatic carbocycles. The molecule has 0 amide bonds. The third kappa shape index (κ3) is 5.21. The van der Waals surface area contributed by atoms with Gasteiger partial charge in [-0.25, -0.2) is 0 Å². The standard InChI is InChI=1S/C17H32N6O/c1-6-18-17(21(4)11-16-10-20-22(5)12-16)19-9-14(2)23-7-8-24-13-15(23)3/h10,12,14-15H,6-9,11,13H2,1-5H3,(H,18,19). The highest BCUT2D eigenvalue weighted by molar-refractivity contribution is 5.79. The van der Waals surface area contributed by atoms with Gasteiger partial charge in [0.05, 0.1) is 26.0 Å². The van der Waals surface area contributed by atoms with E-state index in [9.17, 15) is 0 Å². The molecular weight excluding hydrogens is 304 g/mol. The van der Waals surface area contributed by atoms with Crippen LogP contribution in [-0.2, 0) is 18.3 Å². The smallest absolute Gasteiger partial charge is 0.194 e. The fourth-order valence-corrected chi connectivity index (χ4v) is 3.09. The van der Waals surface area contributed by atoms with Gasteiger partial charge in [-0.2, -0.15) is 5.10 Å². The summed E-state index contributed by atoms with van der Waals surface area (Å²) < 4.78 is 7.36. The first-order chi connectivity index (χ1) is 11.5. The van der Waals surface area contributed by atoms with Gasteiger partial charge in [0, 0.05) is 57.6 Å². The largest absolute Gasteiger partial charge is 0.379 e. The minimum absolute atomic E-state index is 0.407. The molecule has 1 saturated heterocycles. The molecular formula is C17H32N6O. The van der Waals surface area contributed by atoms with Crippen LogP contribution in [0, 0.1) is 0 Å². The number of hydrogen-bond donors (Lipinski definition) is 1. The summed E-state index contributed by atoms with van der Waals surface area (Å²) in [6.07, 6.45) is 3.94. The third-order valence-electron chi connectivity index (χ3n) is 4.37. The van der Waals surface area contributed by atoms with E-state index in [1.807, 2.05) is 24.1 Å². The highest BCUT2D eigenvalue weighted by Gasteiger charge is 2.23. The Hall–Kier alpha value is -1.60. The fraction of sp³-hybridized carbons (Fsp3) is 0.765. The number of guanidine groups is 1. The van der Waals surface area contributed by atoms with Crippen LogP contribution in [0.4, 0.5) is 0 Å². The van der Waals surface area contributed by atoms with Crippen LogP contribution in [0.15, 0.2) is 17.4 Å². The van der Waals surface area contributed by atoms with Gasteiger partial charge in [0.25, 0.3) is 0 Å². The molecule has 7 heteroatoms. The zero-order chi connectivity index (χ0) is 17.5. The number of aliphatic imine (C=N–C) groups is 1. The summed E-state index contributed by atoms with van der Waals surface area (Å²) in [5.74, 6) is 0.939. The van der Waals surface area contributed by atoms with E-state index in [1.165, 1.54) is 5.56 Å². The summed E-state index contributed by atoms with van der Waals surface area (Å²) in [7, 11) is 4.00. The maximum absolute atomic E-state index is 5.53. The van der Waals surface area contributed by atoms with Crippen LogP contribution in [0.1, 0.15) is 26.3 Å². The Kier molecular flexibility index (Phi) is 7.05. The van der Waals surface area contributed by atoms with Crippen LogP contribution in [0.25, 0.3) is 0 Å². The van der Waals surface area contributed by atoms with Gasteiger partial charge in [0.1, 0.15) is 0 Å². The van der Waals surface area contributed by atoms with Gasteiger partial charge in [0.2, 0.25) is 0 Å². The first-order valence-electron chi connectivity index (χ1n) is 8.81. The van der Waals surface area contributed by atoms with Crippen molar-refractivity contribution in [3.8, 4) is 0 Å². The molecule has 1 N–H and O–H groups in total. The van der Waals surface area contributed by atoms with Crippen LogP contribution < -0.4 is 5.32 Å². The summed E-state index contributed by atoms with van der Waals surface area (Å²) in [4.78, 5) is 9.48. The Bertz CT molecular complexity index is 529. The SMILES string of the molecule is CCNC(=NCC(C)N1CCOCC1C)N(C)Cc1cnn(C)c1. The van der Waals surface area contributed by atoms with Crippen LogP contribution in [0.5, 0.6) is 0 Å². The van der Waals surface area contributed by atoms with E-state index in [1.54, 1.807) is 0 Å². The number of rotatable bonds is 6. The van der Waals surface area contributed by atoms with Gasteiger partial charge in [0.15, 0.2) is 5.96 Å². The molecule has 2 rings (SSSR count). The van der Waals surface area contributed by atoms with Crippen molar-refractivity contribution in [3.05, 3.63) is 18.0 Å².